The fourth-order valence-electron chi connectivity index (χ4n) is 1.35. The van der Waals surface area contributed by atoms with Crippen molar-refractivity contribution in [3.05, 3.63) is 36.0 Å². The first-order valence-electron chi connectivity index (χ1n) is 5.29. The summed E-state index contributed by atoms with van der Waals surface area (Å²) >= 11 is 3.27. The van der Waals surface area contributed by atoms with E-state index in [2.05, 4.69) is 4.98 Å². The Morgan fingerprint density at radius 2 is 2.12 bits per heavy atom. The van der Waals surface area contributed by atoms with E-state index in [1.807, 2.05) is 37.3 Å². The van der Waals surface area contributed by atoms with Gasteiger partial charge in [0.2, 0.25) is 0 Å². The van der Waals surface area contributed by atoms with Gasteiger partial charge in [0.05, 0.1) is 16.5 Å². The molecular formula is C12H14N2OS2. The van der Waals surface area contributed by atoms with E-state index >= 15 is 0 Å². The SMILES string of the molecule is Cc1nc(N)sc1SCCOc1ccccc1. The second-order valence-corrected chi connectivity index (χ2v) is 5.83. The molecule has 2 N–H and O–H groups in total. The van der Waals surface area contributed by atoms with Crippen molar-refractivity contribution in [3.63, 3.8) is 0 Å². The molecule has 0 spiro atoms. The van der Waals surface area contributed by atoms with Crippen molar-refractivity contribution in [3.8, 4) is 5.75 Å². The molecule has 90 valence electrons. The maximum Gasteiger partial charge on any atom is 0.181 e. The van der Waals surface area contributed by atoms with E-state index in [0.29, 0.717) is 11.7 Å². The molecule has 5 heteroatoms. The predicted molar refractivity (Wildman–Crippen MR) is 73.9 cm³/mol. The van der Waals surface area contributed by atoms with Gasteiger partial charge < -0.3 is 10.5 Å². The average molecular weight is 266 g/mol. The Balaban J connectivity index is 1.75. The summed E-state index contributed by atoms with van der Waals surface area (Å²) in [5, 5.41) is 0.633. The van der Waals surface area contributed by atoms with Gasteiger partial charge in [0, 0.05) is 5.75 Å². The molecule has 2 aromatic rings. The molecule has 0 unspecified atom stereocenters. The molecule has 0 aliphatic rings. The fraction of sp³-hybridized carbons (Fsp3) is 0.250. The van der Waals surface area contributed by atoms with Crippen molar-refractivity contribution >= 4 is 28.2 Å². The lowest BCUT2D eigenvalue weighted by Crippen LogP contribution is -1.99. The van der Waals surface area contributed by atoms with E-state index in [1.165, 1.54) is 15.5 Å². The number of nitrogens with zero attached hydrogens (tertiary/aromatic N) is 1. The second-order valence-electron chi connectivity index (χ2n) is 3.43. The Morgan fingerprint density at radius 1 is 1.35 bits per heavy atom. The number of ether oxygens (including phenoxy) is 1. The molecule has 1 heterocycles. The first-order chi connectivity index (χ1) is 8.25. The third-order valence-corrected chi connectivity index (χ3v) is 4.41. The van der Waals surface area contributed by atoms with Crippen molar-refractivity contribution in [2.45, 2.75) is 11.1 Å². The quantitative estimate of drug-likeness (QED) is 0.667. The van der Waals surface area contributed by atoms with Crippen molar-refractivity contribution < 1.29 is 4.74 Å². The van der Waals surface area contributed by atoms with Crippen LogP contribution in [0, 0.1) is 6.92 Å². The van der Waals surface area contributed by atoms with Crippen LogP contribution in [-0.4, -0.2) is 17.3 Å². The van der Waals surface area contributed by atoms with Gasteiger partial charge in [-0.3, -0.25) is 0 Å². The molecule has 0 aliphatic carbocycles. The van der Waals surface area contributed by atoms with Gasteiger partial charge in [-0.1, -0.05) is 29.5 Å². The van der Waals surface area contributed by atoms with Crippen molar-refractivity contribution in [2.24, 2.45) is 0 Å². The highest BCUT2D eigenvalue weighted by atomic mass is 32.2. The molecule has 17 heavy (non-hydrogen) atoms. The average Bonchev–Trinajstić information content (AvgIpc) is 2.65. The van der Waals surface area contributed by atoms with E-state index in [-0.39, 0.29) is 0 Å². The molecule has 0 atom stereocenters. The maximum atomic E-state index is 5.64. The molecule has 2 rings (SSSR count). The van der Waals surface area contributed by atoms with Crippen LogP contribution in [0.5, 0.6) is 5.75 Å². The van der Waals surface area contributed by atoms with Gasteiger partial charge in [-0.15, -0.1) is 11.8 Å². The van der Waals surface area contributed by atoms with Crippen LogP contribution < -0.4 is 10.5 Å². The Bertz CT molecular complexity index is 471. The summed E-state index contributed by atoms with van der Waals surface area (Å²) in [6, 6.07) is 9.83. The molecule has 0 radical (unpaired) electrons. The number of hydrogen-bond acceptors (Lipinski definition) is 5. The van der Waals surface area contributed by atoms with Gasteiger partial charge in [0.1, 0.15) is 5.75 Å². The van der Waals surface area contributed by atoms with Crippen LogP contribution in [-0.2, 0) is 0 Å². The van der Waals surface area contributed by atoms with E-state index in [9.17, 15) is 0 Å². The number of nitrogen functional groups attached to an aromatic ring is 1. The topological polar surface area (TPSA) is 48.1 Å². The van der Waals surface area contributed by atoms with Gasteiger partial charge in [-0.2, -0.15) is 0 Å². The molecule has 1 aromatic carbocycles. The van der Waals surface area contributed by atoms with Gasteiger partial charge in [-0.05, 0) is 19.1 Å². The first-order valence-corrected chi connectivity index (χ1v) is 7.09. The van der Waals surface area contributed by atoms with Crippen LogP contribution in [0.25, 0.3) is 0 Å². The minimum Gasteiger partial charge on any atom is -0.493 e. The summed E-state index contributed by atoms with van der Waals surface area (Å²) in [7, 11) is 0. The Morgan fingerprint density at radius 3 is 2.76 bits per heavy atom. The van der Waals surface area contributed by atoms with Crippen molar-refractivity contribution in [1.29, 1.82) is 0 Å². The highest BCUT2D eigenvalue weighted by Gasteiger charge is 2.05. The molecule has 0 saturated heterocycles. The standard InChI is InChI=1S/C12H14N2OS2/c1-9-11(17-12(13)14-9)16-8-7-15-10-5-3-2-4-6-10/h2-6H,7-8H2,1H3,(H2,13,14). The zero-order valence-corrected chi connectivity index (χ0v) is 11.2. The number of anilines is 1. The third-order valence-electron chi connectivity index (χ3n) is 2.10. The fourth-order valence-corrected chi connectivity index (χ4v) is 3.26. The second kappa shape index (κ2) is 5.93. The maximum absolute atomic E-state index is 5.64. The minimum atomic E-state index is 0.633. The molecule has 0 amide bonds. The Hall–Kier alpha value is -1.20. The predicted octanol–water partition coefficient (Wildman–Crippen LogP) is 3.20. The van der Waals surface area contributed by atoms with Crippen LogP contribution >= 0.6 is 23.1 Å². The number of benzene rings is 1. The van der Waals surface area contributed by atoms with Crippen LogP contribution in [0.2, 0.25) is 0 Å². The number of aryl methyl sites for hydroxylation is 1. The number of rotatable bonds is 5. The number of thiazole rings is 1. The zero-order chi connectivity index (χ0) is 12.1. The molecule has 3 nitrogen and oxygen atoms in total. The summed E-state index contributed by atoms with van der Waals surface area (Å²) in [5.41, 5.74) is 6.65. The number of hydrogen-bond donors (Lipinski definition) is 1. The van der Waals surface area contributed by atoms with E-state index in [0.717, 1.165) is 17.2 Å². The van der Waals surface area contributed by atoms with Gasteiger partial charge in [-0.25, -0.2) is 4.98 Å². The third kappa shape index (κ3) is 3.64. The first kappa shape index (κ1) is 12.3. The Kier molecular flexibility index (Phi) is 4.28. The number of para-hydroxylation sites is 1. The number of aromatic nitrogens is 1. The summed E-state index contributed by atoms with van der Waals surface area (Å²) in [6.45, 7) is 2.67. The molecule has 0 aliphatic heterocycles. The van der Waals surface area contributed by atoms with Crippen LogP contribution in [0.1, 0.15) is 5.69 Å². The molecular weight excluding hydrogens is 252 g/mol. The lowest BCUT2D eigenvalue weighted by Gasteiger charge is -2.04. The van der Waals surface area contributed by atoms with E-state index in [4.69, 9.17) is 10.5 Å². The van der Waals surface area contributed by atoms with Gasteiger partial charge in [0.25, 0.3) is 0 Å². The molecule has 0 fully saturated rings. The highest BCUT2D eigenvalue weighted by Crippen LogP contribution is 2.30. The van der Waals surface area contributed by atoms with Gasteiger partial charge >= 0.3 is 0 Å². The summed E-state index contributed by atoms with van der Waals surface area (Å²) in [5.74, 6) is 1.81. The molecule has 0 bridgehead atoms. The van der Waals surface area contributed by atoms with E-state index < -0.39 is 0 Å². The Labute approximate surface area is 109 Å². The zero-order valence-electron chi connectivity index (χ0n) is 9.55. The number of nitrogens with two attached hydrogens (primary N) is 1. The smallest absolute Gasteiger partial charge is 0.181 e. The van der Waals surface area contributed by atoms with Crippen LogP contribution in [0.3, 0.4) is 0 Å². The monoisotopic (exact) mass is 266 g/mol. The van der Waals surface area contributed by atoms with E-state index in [1.54, 1.807) is 11.8 Å². The largest absolute Gasteiger partial charge is 0.493 e. The van der Waals surface area contributed by atoms with Crippen molar-refractivity contribution in [1.82, 2.24) is 4.98 Å². The molecule has 1 aromatic heterocycles. The van der Waals surface area contributed by atoms with Crippen LogP contribution in [0.4, 0.5) is 5.13 Å². The summed E-state index contributed by atoms with van der Waals surface area (Å²) in [4.78, 5) is 4.18. The number of thioether (sulfide) groups is 1. The van der Waals surface area contributed by atoms with Gasteiger partial charge in [0.15, 0.2) is 5.13 Å². The highest BCUT2D eigenvalue weighted by molar-refractivity contribution is 8.01. The lowest BCUT2D eigenvalue weighted by atomic mass is 10.3. The summed E-state index contributed by atoms with van der Waals surface area (Å²) in [6.07, 6.45) is 0. The summed E-state index contributed by atoms with van der Waals surface area (Å²) < 4.78 is 6.79. The normalized spacial score (nSPS) is 10.4. The minimum absolute atomic E-state index is 0.633. The molecule has 0 saturated carbocycles. The lowest BCUT2D eigenvalue weighted by molar-refractivity contribution is 0.344. The van der Waals surface area contributed by atoms with Crippen molar-refractivity contribution in [2.75, 3.05) is 18.1 Å². The van der Waals surface area contributed by atoms with Crippen LogP contribution in [0.15, 0.2) is 34.5 Å².